The van der Waals surface area contributed by atoms with E-state index in [0.29, 0.717) is 18.5 Å². The SMILES string of the molecule is OCc1ccccc1Sc1ccccc1CNc1nc(NC2CCOCC2)c2ccccc2n1. The lowest BCUT2D eigenvalue weighted by Gasteiger charge is -2.24. The first-order chi connectivity index (χ1) is 16.8. The molecule has 0 atom stereocenters. The molecule has 4 aromatic rings. The number of hydrogen-bond acceptors (Lipinski definition) is 7. The van der Waals surface area contributed by atoms with Crippen molar-refractivity contribution in [1.82, 2.24) is 9.97 Å². The van der Waals surface area contributed by atoms with Crippen molar-refractivity contribution in [3.05, 3.63) is 83.9 Å². The highest BCUT2D eigenvalue weighted by atomic mass is 32.2. The van der Waals surface area contributed by atoms with Crippen LogP contribution in [-0.4, -0.2) is 34.3 Å². The van der Waals surface area contributed by atoms with Gasteiger partial charge in [0, 0.05) is 41.0 Å². The molecule has 0 spiro atoms. The van der Waals surface area contributed by atoms with Gasteiger partial charge in [0.2, 0.25) is 5.95 Å². The maximum atomic E-state index is 9.69. The molecular weight excluding hydrogens is 444 g/mol. The van der Waals surface area contributed by atoms with Crippen LogP contribution in [0, 0.1) is 0 Å². The number of aliphatic hydroxyl groups is 1. The zero-order valence-electron chi connectivity index (χ0n) is 18.9. The van der Waals surface area contributed by atoms with Gasteiger partial charge in [-0.2, -0.15) is 4.98 Å². The number of aliphatic hydroxyl groups excluding tert-OH is 1. The predicted octanol–water partition coefficient (Wildman–Crippen LogP) is 5.48. The molecule has 3 aromatic carbocycles. The molecule has 7 heteroatoms. The van der Waals surface area contributed by atoms with Gasteiger partial charge in [-0.1, -0.05) is 60.3 Å². The van der Waals surface area contributed by atoms with Gasteiger partial charge < -0.3 is 20.5 Å². The van der Waals surface area contributed by atoms with Gasteiger partial charge in [-0.3, -0.25) is 0 Å². The summed E-state index contributed by atoms with van der Waals surface area (Å²) in [5.41, 5.74) is 2.99. The van der Waals surface area contributed by atoms with Gasteiger partial charge in [0.25, 0.3) is 0 Å². The molecule has 34 heavy (non-hydrogen) atoms. The summed E-state index contributed by atoms with van der Waals surface area (Å²) in [5.74, 6) is 1.46. The highest BCUT2D eigenvalue weighted by molar-refractivity contribution is 7.99. The largest absolute Gasteiger partial charge is 0.392 e. The van der Waals surface area contributed by atoms with E-state index in [9.17, 15) is 5.11 Å². The summed E-state index contributed by atoms with van der Waals surface area (Å²) in [5, 5.41) is 17.8. The van der Waals surface area contributed by atoms with Crippen LogP contribution in [0.25, 0.3) is 10.9 Å². The molecule has 1 fully saturated rings. The van der Waals surface area contributed by atoms with E-state index >= 15 is 0 Å². The van der Waals surface area contributed by atoms with Crippen LogP contribution in [0.4, 0.5) is 11.8 Å². The van der Waals surface area contributed by atoms with Crippen molar-refractivity contribution in [2.45, 2.75) is 41.8 Å². The van der Waals surface area contributed by atoms with Gasteiger partial charge in [-0.25, -0.2) is 4.98 Å². The number of ether oxygens (including phenoxy) is 1. The van der Waals surface area contributed by atoms with Crippen LogP contribution < -0.4 is 10.6 Å². The Morgan fingerprint density at radius 1 is 0.853 bits per heavy atom. The molecular formula is C27H28N4O2S. The second-order valence-electron chi connectivity index (χ2n) is 8.27. The molecule has 0 saturated carbocycles. The molecule has 0 unspecified atom stereocenters. The lowest BCUT2D eigenvalue weighted by atomic mass is 10.1. The van der Waals surface area contributed by atoms with Crippen molar-refractivity contribution in [3.8, 4) is 0 Å². The lowest BCUT2D eigenvalue weighted by molar-refractivity contribution is 0.0904. The minimum Gasteiger partial charge on any atom is -0.392 e. The van der Waals surface area contributed by atoms with Crippen molar-refractivity contribution in [2.24, 2.45) is 0 Å². The summed E-state index contributed by atoms with van der Waals surface area (Å²) in [6.45, 7) is 2.18. The van der Waals surface area contributed by atoms with E-state index in [-0.39, 0.29) is 6.61 Å². The molecule has 1 aromatic heterocycles. The number of anilines is 2. The van der Waals surface area contributed by atoms with Crippen molar-refractivity contribution in [2.75, 3.05) is 23.8 Å². The zero-order valence-corrected chi connectivity index (χ0v) is 19.7. The van der Waals surface area contributed by atoms with Gasteiger partial charge in [-0.05, 0) is 48.2 Å². The van der Waals surface area contributed by atoms with Crippen LogP contribution in [0.3, 0.4) is 0 Å². The molecule has 1 aliphatic rings. The van der Waals surface area contributed by atoms with Crippen LogP contribution in [0.2, 0.25) is 0 Å². The number of nitrogens with one attached hydrogen (secondary N) is 2. The van der Waals surface area contributed by atoms with Gasteiger partial charge in [0.15, 0.2) is 0 Å². The Labute approximate surface area is 203 Å². The Hall–Kier alpha value is -3.13. The fourth-order valence-electron chi connectivity index (χ4n) is 4.08. The highest BCUT2D eigenvalue weighted by Crippen LogP contribution is 2.33. The molecule has 174 valence electrons. The van der Waals surface area contributed by atoms with Crippen LogP contribution in [0.15, 0.2) is 82.6 Å². The van der Waals surface area contributed by atoms with E-state index in [2.05, 4.69) is 28.8 Å². The smallest absolute Gasteiger partial charge is 0.225 e. The first-order valence-electron chi connectivity index (χ1n) is 11.6. The fourth-order valence-corrected chi connectivity index (χ4v) is 5.14. The van der Waals surface area contributed by atoms with Gasteiger partial charge in [-0.15, -0.1) is 0 Å². The van der Waals surface area contributed by atoms with Gasteiger partial charge in [0.1, 0.15) is 5.82 Å². The van der Waals surface area contributed by atoms with E-state index in [1.54, 1.807) is 11.8 Å². The normalized spacial score (nSPS) is 14.3. The zero-order chi connectivity index (χ0) is 23.2. The molecule has 0 amide bonds. The van der Waals surface area contributed by atoms with E-state index in [4.69, 9.17) is 14.7 Å². The second-order valence-corrected chi connectivity index (χ2v) is 9.36. The molecule has 6 nitrogen and oxygen atoms in total. The third-order valence-corrected chi connectivity index (χ3v) is 7.17. The van der Waals surface area contributed by atoms with Crippen molar-refractivity contribution < 1.29 is 9.84 Å². The van der Waals surface area contributed by atoms with E-state index in [1.807, 2.05) is 54.6 Å². The minimum atomic E-state index is 0.0252. The summed E-state index contributed by atoms with van der Waals surface area (Å²) >= 11 is 1.66. The first kappa shape index (κ1) is 22.7. The molecule has 5 rings (SSSR count). The number of para-hydroxylation sites is 1. The average molecular weight is 473 g/mol. The van der Waals surface area contributed by atoms with Crippen LogP contribution in [0.5, 0.6) is 0 Å². The maximum absolute atomic E-state index is 9.69. The summed E-state index contributed by atoms with van der Waals surface area (Å²) < 4.78 is 5.50. The molecule has 2 heterocycles. The van der Waals surface area contributed by atoms with Crippen LogP contribution in [-0.2, 0) is 17.9 Å². The van der Waals surface area contributed by atoms with Crippen molar-refractivity contribution in [3.63, 3.8) is 0 Å². The Balaban J connectivity index is 1.37. The molecule has 1 aliphatic heterocycles. The molecule has 0 aliphatic carbocycles. The van der Waals surface area contributed by atoms with Gasteiger partial charge >= 0.3 is 0 Å². The Morgan fingerprint density at radius 2 is 1.53 bits per heavy atom. The second kappa shape index (κ2) is 10.9. The quantitative estimate of drug-likeness (QED) is 0.313. The number of aromatic nitrogens is 2. The average Bonchev–Trinajstić information content (AvgIpc) is 2.89. The third kappa shape index (κ3) is 5.33. The van der Waals surface area contributed by atoms with Crippen LogP contribution in [0.1, 0.15) is 24.0 Å². The summed E-state index contributed by atoms with van der Waals surface area (Å²) in [6.07, 6.45) is 1.95. The number of rotatable bonds is 8. The topological polar surface area (TPSA) is 79.3 Å². The summed E-state index contributed by atoms with van der Waals surface area (Å²) in [4.78, 5) is 11.8. The number of fused-ring (bicyclic) bond motifs is 1. The van der Waals surface area contributed by atoms with E-state index < -0.39 is 0 Å². The molecule has 3 N–H and O–H groups in total. The standard InChI is InChI=1S/C27H28N4O2S/c32-18-20-8-2-6-12-25(20)34-24-11-5-1-7-19(24)17-28-27-30-23-10-4-3-9-22(23)26(31-27)29-21-13-15-33-16-14-21/h1-12,21,32H,13-18H2,(H2,28,29,30,31). The molecule has 1 saturated heterocycles. The lowest BCUT2D eigenvalue weighted by Crippen LogP contribution is -2.28. The van der Waals surface area contributed by atoms with E-state index in [1.165, 1.54) is 0 Å². The van der Waals surface area contributed by atoms with Crippen LogP contribution >= 0.6 is 11.8 Å². The monoisotopic (exact) mass is 472 g/mol. The van der Waals surface area contributed by atoms with Gasteiger partial charge in [0.05, 0.1) is 12.1 Å². The number of benzene rings is 3. The number of hydrogen-bond donors (Lipinski definition) is 3. The minimum absolute atomic E-state index is 0.0252. The Morgan fingerprint density at radius 3 is 2.32 bits per heavy atom. The molecule has 0 radical (unpaired) electrons. The Bertz CT molecular complexity index is 1260. The Kier molecular flexibility index (Phi) is 7.24. The predicted molar refractivity (Wildman–Crippen MR) is 137 cm³/mol. The summed E-state index contributed by atoms with van der Waals surface area (Å²) in [7, 11) is 0. The number of nitrogens with zero attached hydrogens (tertiary/aromatic N) is 2. The molecule has 0 bridgehead atoms. The van der Waals surface area contributed by atoms with E-state index in [0.717, 1.165) is 63.7 Å². The highest BCUT2D eigenvalue weighted by Gasteiger charge is 2.16. The fraction of sp³-hybridized carbons (Fsp3) is 0.259. The maximum Gasteiger partial charge on any atom is 0.225 e. The summed E-state index contributed by atoms with van der Waals surface area (Å²) in [6, 6.07) is 24.7. The van der Waals surface area contributed by atoms with Crippen molar-refractivity contribution >= 4 is 34.4 Å². The third-order valence-electron chi connectivity index (χ3n) is 5.94. The van der Waals surface area contributed by atoms with Crippen molar-refractivity contribution in [1.29, 1.82) is 0 Å². The first-order valence-corrected chi connectivity index (χ1v) is 12.4.